The monoisotopic (exact) mass is 349 g/mol. The van der Waals surface area contributed by atoms with Crippen molar-refractivity contribution in [2.45, 2.75) is 19.8 Å². The van der Waals surface area contributed by atoms with Crippen LogP contribution in [0.3, 0.4) is 0 Å². The molecule has 0 spiro atoms. The maximum atomic E-state index is 12.3. The zero-order valence-corrected chi connectivity index (χ0v) is 15.2. The summed E-state index contributed by atoms with van der Waals surface area (Å²) in [6.07, 6.45) is 4.27. The number of nitrogens with one attached hydrogen (secondary N) is 1. The van der Waals surface area contributed by atoms with Crippen LogP contribution in [0.2, 0.25) is 0 Å². The van der Waals surface area contributed by atoms with Crippen LogP contribution in [0.5, 0.6) is 0 Å². The Kier molecular flexibility index (Phi) is 4.42. The predicted molar refractivity (Wildman–Crippen MR) is 103 cm³/mol. The highest BCUT2D eigenvalue weighted by molar-refractivity contribution is 5.95. The molecule has 3 aromatic rings. The molecule has 1 saturated heterocycles. The summed E-state index contributed by atoms with van der Waals surface area (Å²) in [6.45, 7) is 4.55. The quantitative estimate of drug-likeness (QED) is 0.786. The number of aryl methyl sites for hydroxylation is 2. The molecule has 1 aliphatic heterocycles. The van der Waals surface area contributed by atoms with E-state index in [0.717, 1.165) is 46.6 Å². The second-order valence-corrected chi connectivity index (χ2v) is 6.96. The molecule has 1 amide bonds. The fraction of sp³-hybridized carbons (Fsp3) is 0.350. The Morgan fingerprint density at radius 2 is 1.96 bits per heavy atom. The average Bonchev–Trinajstić information content (AvgIpc) is 3.26. The van der Waals surface area contributed by atoms with Gasteiger partial charge in [0.05, 0.1) is 17.8 Å². The molecule has 1 aliphatic rings. The van der Waals surface area contributed by atoms with E-state index in [-0.39, 0.29) is 5.91 Å². The molecule has 6 nitrogen and oxygen atoms in total. The number of hydrogen-bond acceptors (Lipinski definition) is 4. The van der Waals surface area contributed by atoms with Crippen LogP contribution in [0.1, 0.15) is 18.4 Å². The van der Waals surface area contributed by atoms with Gasteiger partial charge in [-0.3, -0.25) is 14.4 Å². The van der Waals surface area contributed by atoms with Crippen molar-refractivity contribution < 1.29 is 4.79 Å². The zero-order chi connectivity index (χ0) is 18.1. The van der Waals surface area contributed by atoms with Gasteiger partial charge in [0.2, 0.25) is 5.91 Å². The molecular formula is C20H23N5O. The van der Waals surface area contributed by atoms with Gasteiger partial charge in [-0.15, -0.1) is 0 Å². The first-order valence-electron chi connectivity index (χ1n) is 9.02. The Balaban J connectivity index is 1.59. The van der Waals surface area contributed by atoms with Crippen molar-refractivity contribution in [2.75, 3.05) is 25.0 Å². The summed E-state index contributed by atoms with van der Waals surface area (Å²) in [5, 5.41) is 8.52. The number of benzene rings is 1. The molecule has 0 aliphatic carbocycles. The van der Waals surface area contributed by atoms with Crippen molar-refractivity contribution in [3.63, 3.8) is 0 Å². The standard InChI is InChI=1S/C20H23N5O/c1-14-11-19(17-7-10-24(2)23-17)22-18-12-15(5-6-16(14)18)21-20(26)13-25-8-3-4-9-25/h5-7,10-12H,3-4,8-9,13H2,1-2H3,(H,21,26). The first-order chi connectivity index (χ1) is 12.6. The molecule has 26 heavy (non-hydrogen) atoms. The maximum Gasteiger partial charge on any atom is 0.238 e. The molecule has 0 unspecified atom stereocenters. The van der Waals surface area contributed by atoms with Gasteiger partial charge in [0.1, 0.15) is 5.69 Å². The van der Waals surface area contributed by atoms with Gasteiger partial charge in [-0.2, -0.15) is 5.10 Å². The molecule has 6 heteroatoms. The first-order valence-corrected chi connectivity index (χ1v) is 9.02. The van der Waals surface area contributed by atoms with Gasteiger partial charge in [0.25, 0.3) is 0 Å². The van der Waals surface area contributed by atoms with Crippen LogP contribution < -0.4 is 5.32 Å². The summed E-state index contributed by atoms with van der Waals surface area (Å²) in [4.78, 5) is 19.2. The van der Waals surface area contributed by atoms with E-state index < -0.39 is 0 Å². The topological polar surface area (TPSA) is 63.1 Å². The third-order valence-electron chi connectivity index (χ3n) is 4.84. The van der Waals surface area contributed by atoms with Crippen molar-refractivity contribution >= 4 is 22.5 Å². The van der Waals surface area contributed by atoms with Gasteiger partial charge in [0.15, 0.2) is 0 Å². The number of pyridine rings is 1. The van der Waals surface area contributed by atoms with Crippen molar-refractivity contribution in [2.24, 2.45) is 7.05 Å². The van der Waals surface area contributed by atoms with Gasteiger partial charge >= 0.3 is 0 Å². The van der Waals surface area contributed by atoms with E-state index in [4.69, 9.17) is 4.98 Å². The Morgan fingerprint density at radius 1 is 1.15 bits per heavy atom. The SMILES string of the molecule is Cc1cc(-c2ccn(C)n2)nc2cc(NC(=O)CN3CCCC3)ccc12. The van der Waals surface area contributed by atoms with Crippen LogP contribution in [0, 0.1) is 6.92 Å². The largest absolute Gasteiger partial charge is 0.325 e. The molecule has 0 saturated carbocycles. The Labute approximate surface area is 152 Å². The van der Waals surface area contributed by atoms with Crippen LogP contribution in [0.4, 0.5) is 5.69 Å². The van der Waals surface area contributed by atoms with E-state index in [1.165, 1.54) is 12.8 Å². The second kappa shape index (κ2) is 6.88. The summed E-state index contributed by atoms with van der Waals surface area (Å²) in [6, 6.07) is 9.91. The van der Waals surface area contributed by atoms with Crippen LogP contribution in [0.25, 0.3) is 22.3 Å². The fourth-order valence-electron chi connectivity index (χ4n) is 3.51. The fourth-order valence-corrected chi connectivity index (χ4v) is 3.51. The number of anilines is 1. The van der Waals surface area contributed by atoms with Gasteiger partial charge in [-0.05, 0) is 62.7 Å². The highest BCUT2D eigenvalue weighted by atomic mass is 16.2. The van der Waals surface area contributed by atoms with Crippen LogP contribution in [-0.2, 0) is 11.8 Å². The van der Waals surface area contributed by atoms with Crippen LogP contribution in [-0.4, -0.2) is 45.2 Å². The molecule has 3 heterocycles. The van der Waals surface area contributed by atoms with E-state index in [0.29, 0.717) is 6.54 Å². The van der Waals surface area contributed by atoms with Gasteiger partial charge in [-0.1, -0.05) is 6.07 Å². The van der Waals surface area contributed by atoms with Gasteiger partial charge < -0.3 is 5.32 Å². The molecule has 1 fully saturated rings. The molecule has 4 rings (SSSR count). The normalized spacial score (nSPS) is 14.8. The summed E-state index contributed by atoms with van der Waals surface area (Å²) in [5.74, 6) is 0.0313. The number of hydrogen-bond donors (Lipinski definition) is 1. The lowest BCUT2D eigenvalue weighted by molar-refractivity contribution is -0.117. The van der Waals surface area contributed by atoms with Crippen molar-refractivity contribution in [3.8, 4) is 11.4 Å². The highest BCUT2D eigenvalue weighted by Crippen LogP contribution is 2.25. The van der Waals surface area contributed by atoms with E-state index in [1.54, 1.807) is 4.68 Å². The molecule has 1 N–H and O–H groups in total. The lowest BCUT2D eigenvalue weighted by Crippen LogP contribution is -2.30. The number of likely N-dealkylation sites (tertiary alicyclic amines) is 1. The van der Waals surface area contributed by atoms with Gasteiger partial charge in [0, 0.05) is 24.3 Å². The molecule has 0 atom stereocenters. The number of carbonyl (C=O) groups excluding carboxylic acids is 1. The van der Waals surface area contributed by atoms with Crippen molar-refractivity contribution in [1.82, 2.24) is 19.7 Å². The van der Waals surface area contributed by atoms with E-state index in [9.17, 15) is 4.79 Å². The molecule has 0 bridgehead atoms. The Morgan fingerprint density at radius 3 is 2.69 bits per heavy atom. The number of aromatic nitrogens is 3. The van der Waals surface area contributed by atoms with Gasteiger partial charge in [-0.25, -0.2) is 4.98 Å². The molecule has 134 valence electrons. The third kappa shape index (κ3) is 3.46. The summed E-state index contributed by atoms with van der Waals surface area (Å²) in [7, 11) is 1.89. The van der Waals surface area contributed by atoms with Crippen molar-refractivity contribution in [3.05, 3.63) is 42.1 Å². The molecule has 1 aromatic carbocycles. The summed E-state index contributed by atoms with van der Waals surface area (Å²) < 4.78 is 1.77. The smallest absolute Gasteiger partial charge is 0.238 e. The minimum atomic E-state index is 0.0313. The number of carbonyl (C=O) groups is 1. The third-order valence-corrected chi connectivity index (χ3v) is 4.84. The Hall–Kier alpha value is -2.73. The molecular weight excluding hydrogens is 326 g/mol. The summed E-state index contributed by atoms with van der Waals surface area (Å²) in [5.41, 5.74) is 4.49. The predicted octanol–water partition coefficient (Wildman–Crippen LogP) is 2.98. The Bertz CT molecular complexity index is 956. The average molecular weight is 349 g/mol. The summed E-state index contributed by atoms with van der Waals surface area (Å²) >= 11 is 0. The maximum absolute atomic E-state index is 12.3. The number of fused-ring (bicyclic) bond motifs is 1. The minimum absolute atomic E-state index is 0.0313. The number of rotatable bonds is 4. The van der Waals surface area contributed by atoms with Crippen LogP contribution in [0.15, 0.2) is 36.5 Å². The van der Waals surface area contributed by atoms with E-state index >= 15 is 0 Å². The number of amides is 1. The highest BCUT2D eigenvalue weighted by Gasteiger charge is 2.15. The second-order valence-electron chi connectivity index (χ2n) is 6.96. The minimum Gasteiger partial charge on any atom is -0.325 e. The first kappa shape index (κ1) is 16.7. The van der Waals surface area contributed by atoms with E-state index in [2.05, 4.69) is 28.3 Å². The molecule has 0 radical (unpaired) electrons. The molecule has 2 aromatic heterocycles. The van der Waals surface area contributed by atoms with Crippen LogP contribution >= 0.6 is 0 Å². The van der Waals surface area contributed by atoms with E-state index in [1.807, 2.05) is 37.5 Å². The van der Waals surface area contributed by atoms with Crippen molar-refractivity contribution in [1.29, 1.82) is 0 Å². The lowest BCUT2D eigenvalue weighted by Gasteiger charge is -2.14. The lowest BCUT2D eigenvalue weighted by atomic mass is 10.1. The number of nitrogens with zero attached hydrogens (tertiary/aromatic N) is 4. The zero-order valence-electron chi connectivity index (χ0n) is 15.2.